The van der Waals surface area contributed by atoms with Crippen LogP contribution in [-0.2, 0) is 11.3 Å². The third-order valence-corrected chi connectivity index (χ3v) is 1.91. The van der Waals surface area contributed by atoms with Crippen LogP contribution in [0.5, 0.6) is 0 Å². The molecule has 5 nitrogen and oxygen atoms in total. The van der Waals surface area contributed by atoms with Crippen molar-refractivity contribution in [2.75, 3.05) is 0 Å². The van der Waals surface area contributed by atoms with E-state index in [2.05, 4.69) is 5.32 Å². The van der Waals surface area contributed by atoms with Crippen molar-refractivity contribution in [2.24, 2.45) is 0 Å². The fraction of sp³-hybridized carbons (Fsp3) is 0.222. The molecule has 1 radical (unpaired) electrons. The lowest BCUT2D eigenvalue weighted by Gasteiger charge is -2.24. The lowest BCUT2D eigenvalue weighted by atomic mass is 10.3. The summed E-state index contributed by atoms with van der Waals surface area (Å²) in [5, 5.41) is 2.22. The summed E-state index contributed by atoms with van der Waals surface area (Å²) in [6, 6.07) is 3.12. The van der Waals surface area contributed by atoms with E-state index in [0.717, 1.165) is 0 Å². The largest absolute Gasteiger partial charge is 0.467 e. The van der Waals surface area contributed by atoms with E-state index < -0.39 is 6.03 Å². The number of urea groups is 1. The van der Waals surface area contributed by atoms with Crippen LogP contribution in [0.25, 0.3) is 0 Å². The van der Waals surface area contributed by atoms with E-state index in [9.17, 15) is 9.59 Å². The molecule has 1 aliphatic rings. The monoisotopic (exact) mass is 193 g/mol. The van der Waals surface area contributed by atoms with Gasteiger partial charge in [0.15, 0.2) is 0 Å². The molecule has 5 heteroatoms. The van der Waals surface area contributed by atoms with Gasteiger partial charge in [0, 0.05) is 6.42 Å². The number of rotatable bonds is 2. The molecule has 0 spiro atoms. The predicted octanol–water partition coefficient (Wildman–Crippen LogP) is 0.883. The lowest BCUT2D eigenvalue weighted by molar-refractivity contribution is -0.120. The second-order valence-corrected chi connectivity index (χ2v) is 2.95. The maximum absolute atomic E-state index is 11.3. The summed E-state index contributed by atoms with van der Waals surface area (Å²) in [4.78, 5) is 23.5. The van der Waals surface area contributed by atoms with Crippen LogP contribution in [0.1, 0.15) is 12.2 Å². The Morgan fingerprint density at radius 1 is 1.50 bits per heavy atom. The molecule has 73 valence electrons. The summed E-state index contributed by atoms with van der Waals surface area (Å²) < 4.78 is 5.08. The van der Waals surface area contributed by atoms with Gasteiger partial charge in [-0.15, -0.1) is 0 Å². The van der Waals surface area contributed by atoms with Crippen molar-refractivity contribution in [3.05, 3.63) is 30.7 Å². The Morgan fingerprint density at radius 3 is 3.00 bits per heavy atom. The molecule has 2 heterocycles. The van der Waals surface area contributed by atoms with Gasteiger partial charge in [0.25, 0.3) is 0 Å². The molecule has 2 rings (SSSR count). The first-order valence-corrected chi connectivity index (χ1v) is 4.22. The topological polar surface area (TPSA) is 62.6 Å². The van der Waals surface area contributed by atoms with Crippen LogP contribution in [-0.4, -0.2) is 16.8 Å². The summed E-state index contributed by atoms with van der Waals surface area (Å²) in [7, 11) is 0. The average Bonchev–Trinajstić information content (AvgIpc) is 2.62. The van der Waals surface area contributed by atoms with Crippen LogP contribution < -0.4 is 5.32 Å². The first-order chi connectivity index (χ1) is 6.75. The molecule has 1 aromatic rings. The zero-order valence-corrected chi connectivity index (χ0v) is 7.40. The summed E-state index contributed by atoms with van der Waals surface area (Å²) in [5.74, 6) is 0.413. The molecule has 14 heavy (non-hydrogen) atoms. The van der Waals surface area contributed by atoms with Crippen molar-refractivity contribution in [1.82, 2.24) is 10.2 Å². The molecule has 0 bridgehead atoms. The van der Waals surface area contributed by atoms with E-state index in [1.165, 1.54) is 4.90 Å². The molecular formula is C9H9N2O3. The summed E-state index contributed by atoms with van der Waals surface area (Å²) in [5.41, 5.74) is 0. The van der Waals surface area contributed by atoms with Gasteiger partial charge in [0.1, 0.15) is 5.76 Å². The molecule has 1 aliphatic heterocycles. The summed E-state index contributed by atoms with van der Waals surface area (Å²) >= 11 is 0. The molecule has 0 saturated carbocycles. The smallest absolute Gasteiger partial charge is 0.324 e. The number of hydrogen-bond acceptors (Lipinski definition) is 3. The number of amides is 3. The van der Waals surface area contributed by atoms with Gasteiger partial charge in [0.05, 0.1) is 19.4 Å². The van der Waals surface area contributed by atoms with E-state index in [1.54, 1.807) is 24.9 Å². The second kappa shape index (κ2) is 3.53. The molecule has 3 amide bonds. The van der Waals surface area contributed by atoms with Gasteiger partial charge in [-0.05, 0) is 12.1 Å². The molecule has 1 aromatic heterocycles. The molecule has 0 unspecified atom stereocenters. The molecule has 1 N–H and O–H groups in total. The predicted molar refractivity (Wildman–Crippen MR) is 46.7 cm³/mol. The Morgan fingerprint density at radius 2 is 2.36 bits per heavy atom. The highest BCUT2D eigenvalue weighted by Crippen LogP contribution is 2.11. The fourth-order valence-electron chi connectivity index (χ4n) is 1.22. The highest BCUT2D eigenvalue weighted by molar-refractivity contribution is 5.97. The van der Waals surface area contributed by atoms with Crippen LogP contribution in [0.15, 0.2) is 22.8 Å². The van der Waals surface area contributed by atoms with Crippen LogP contribution in [0.2, 0.25) is 0 Å². The zero-order chi connectivity index (χ0) is 9.97. The maximum Gasteiger partial charge on any atom is 0.324 e. The Balaban J connectivity index is 1.99. The van der Waals surface area contributed by atoms with Crippen molar-refractivity contribution < 1.29 is 14.0 Å². The number of furan rings is 1. The van der Waals surface area contributed by atoms with Gasteiger partial charge in [-0.25, -0.2) is 4.79 Å². The van der Waals surface area contributed by atoms with Crippen LogP contribution in [0, 0.1) is 6.54 Å². The molecule has 0 aromatic carbocycles. The summed E-state index contributed by atoms with van der Waals surface area (Å²) in [6.07, 6.45) is 1.77. The normalized spacial score (nSPS) is 17.0. The van der Waals surface area contributed by atoms with E-state index in [0.29, 0.717) is 12.3 Å². The molecular weight excluding hydrogens is 184 g/mol. The van der Waals surface area contributed by atoms with Crippen LogP contribution >= 0.6 is 0 Å². The van der Waals surface area contributed by atoms with Crippen molar-refractivity contribution in [2.45, 2.75) is 13.0 Å². The van der Waals surface area contributed by atoms with E-state index in [1.807, 2.05) is 0 Å². The minimum absolute atomic E-state index is 0.229. The number of imide groups is 1. The molecule has 0 aliphatic carbocycles. The Hall–Kier alpha value is -1.78. The number of carbonyl (C=O) groups is 2. The van der Waals surface area contributed by atoms with Gasteiger partial charge in [0.2, 0.25) is 5.91 Å². The minimum Gasteiger partial charge on any atom is -0.467 e. The number of nitrogens with zero attached hydrogens (tertiary/aromatic N) is 1. The standard InChI is InChI=1S/C9H9N2O3/c12-8-3-4-11(9(13)10-8)6-7-2-1-5-14-7/h1-2,4-5H,3,6H2,(H,10,12,13). The Bertz CT molecular complexity index is 345. The highest BCUT2D eigenvalue weighted by Gasteiger charge is 2.23. The summed E-state index contributed by atoms with van der Waals surface area (Å²) in [6.45, 7) is 1.91. The SMILES string of the molecule is O=C1C[CH]N(Cc2ccco2)C(=O)N1. The number of nitrogens with one attached hydrogen (secondary N) is 1. The lowest BCUT2D eigenvalue weighted by Crippen LogP contribution is -2.46. The number of hydrogen-bond donors (Lipinski definition) is 1. The minimum atomic E-state index is -0.405. The van der Waals surface area contributed by atoms with Gasteiger partial charge in [-0.2, -0.15) is 0 Å². The molecule has 1 saturated heterocycles. The fourth-order valence-corrected chi connectivity index (χ4v) is 1.22. The van der Waals surface area contributed by atoms with Crippen molar-refractivity contribution >= 4 is 11.9 Å². The maximum atomic E-state index is 11.3. The number of carbonyl (C=O) groups excluding carboxylic acids is 2. The van der Waals surface area contributed by atoms with E-state index >= 15 is 0 Å². The van der Waals surface area contributed by atoms with E-state index in [4.69, 9.17) is 4.42 Å². The Labute approximate surface area is 80.7 Å². The van der Waals surface area contributed by atoms with E-state index in [-0.39, 0.29) is 12.3 Å². The second-order valence-electron chi connectivity index (χ2n) is 2.95. The van der Waals surface area contributed by atoms with Crippen LogP contribution in [0.3, 0.4) is 0 Å². The quantitative estimate of drug-likeness (QED) is 0.758. The van der Waals surface area contributed by atoms with Gasteiger partial charge < -0.3 is 9.32 Å². The first kappa shape index (κ1) is 8.80. The van der Waals surface area contributed by atoms with Crippen molar-refractivity contribution in [1.29, 1.82) is 0 Å². The van der Waals surface area contributed by atoms with Gasteiger partial charge >= 0.3 is 6.03 Å². The van der Waals surface area contributed by atoms with Crippen molar-refractivity contribution in [3.63, 3.8) is 0 Å². The van der Waals surface area contributed by atoms with Crippen molar-refractivity contribution in [3.8, 4) is 0 Å². The average molecular weight is 193 g/mol. The third-order valence-electron chi connectivity index (χ3n) is 1.91. The highest BCUT2D eigenvalue weighted by atomic mass is 16.3. The Kier molecular flexibility index (Phi) is 2.22. The van der Waals surface area contributed by atoms with Gasteiger partial charge in [-0.3, -0.25) is 10.1 Å². The zero-order valence-electron chi connectivity index (χ0n) is 7.40. The molecule has 1 fully saturated rings. The van der Waals surface area contributed by atoms with Crippen LogP contribution in [0.4, 0.5) is 4.79 Å². The van der Waals surface area contributed by atoms with Gasteiger partial charge in [-0.1, -0.05) is 0 Å². The first-order valence-electron chi connectivity index (χ1n) is 4.22. The third kappa shape index (κ3) is 1.76. The molecule has 0 atom stereocenters.